The molecule has 1 heterocycles. The number of fused-ring (bicyclic) bond motifs is 1. The molecule has 1 unspecified atom stereocenters. The van der Waals surface area contributed by atoms with Crippen molar-refractivity contribution in [2.75, 3.05) is 36.7 Å². The predicted molar refractivity (Wildman–Crippen MR) is 158 cm³/mol. The molecule has 7 nitrogen and oxygen atoms in total. The van der Waals surface area contributed by atoms with Crippen molar-refractivity contribution in [1.82, 2.24) is 0 Å². The van der Waals surface area contributed by atoms with Crippen LogP contribution in [0.2, 0.25) is 5.02 Å². The van der Waals surface area contributed by atoms with Crippen LogP contribution in [0.25, 0.3) is 0 Å². The van der Waals surface area contributed by atoms with Gasteiger partial charge in [0.1, 0.15) is 17.5 Å². The minimum Gasteiger partial charge on any atom is -0.493 e. The fourth-order valence-corrected chi connectivity index (χ4v) is 4.78. The lowest BCUT2D eigenvalue weighted by molar-refractivity contribution is 0.262. The first-order valence-corrected chi connectivity index (χ1v) is 13.2. The van der Waals surface area contributed by atoms with Crippen LogP contribution in [0.4, 0.5) is 30.6 Å². The number of amidine groups is 1. The van der Waals surface area contributed by atoms with Crippen LogP contribution in [-0.2, 0) is 6.42 Å². The number of hydrogen-bond donors (Lipinski definition) is 3. The Morgan fingerprint density at radius 2 is 1.54 bits per heavy atom. The molecular formula is C31H27ClF2N4O3. The highest BCUT2D eigenvalue weighted by atomic mass is 35.5. The molecule has 0 radical (unpaired) electrons. The van der Waals surface area contributed by atoms with Crippen molar-refractivity contribution >= 4 is 40.5 Å². The van der Waals surface area contributed by atoms with E-state index < -0.39 is 11.6 Å². The van der Waals surface area contributed by atoms with Gasteiger partial charge in [0.25, 0.3) is 0 Å². The van der Waals surface area contributed by atoms with E-state index in [9.17, 15) is 13.6 Å². The summed E-state index contributed by atoms with van der Waals surface area (Å²) in [6.45, 7) is 0.428. The molecule has 4 aromatic rings. The second-order valence-corrected chi connectivity index (χ2v) is 9.85. The highest BCUT2D eigenvalue weighted by Gasteiger charge is 2.26. The number of amides is 2. The van der Waals surface area contributed by atoms with Gasteiger partial charge in [-0.2, -0.15) is 0 Å². The van der Waals surface area contributed by atoms with Gasteiger partial charge in [0.2, 0.25) is 0 Å². The number of methoxy groups -OCH3 is 2. The SMILES string of the molecule is COc1cc2c(cc1OC)C(Cc1ccc(NC(=O)Nc3ccc(Cl)cc3)cc1)CN=C2Nc1ccc(F)cc1F. The Balaban J connectivity index is 1.33. The lowest BCUT2D eigenvalue weighted by atomic mass is 9.86. The van der Waals surface area contributed by atoms with E-state index >= 15 is 0 Å². The largest absolute Gasteiger partial charge is 0.493 e. The predicted octanol–water partition coefficient (Wildman–Crippen LogP) is 7.48. The van der Waals surface area contributed by atoms with Gasteiger partial charge in [0.15, 0.2) is 11.5 Å². The molecule has 0 aromatic heterocycles. The van der Waals surface area contributed by atoms with Crippen LogP contribution in [0.5, 0.6) is 11.5 Å². The fraction of sp³-hybridized carbons (Fsp3) is 0.161. The number of benzene rings is 4. The van der Waals surface area contributed by atoms with Crippen LogP contribution in [0.15, 0.2) is 83.9 Å². The van der Waals surface area contributed by atoms with Crippen LogP contribution in [0.1, 0.15) is 22.6 Å². The molecule has 1 atom stereocenters. The summed E-state index contributed by atoms with van der Waals surface area (Å²) in [6, 6.07) is 21.1. The molecule has 2 amide bonds. The van der Waals surface area contributed by atoms with E-state index in [2.05, 4.69) is 16.0 Å². The summed E-state index contributed by atoms with van der Waals surface area (Å²) in [5.74, 6) is 0.140. The summed E-state index contributed by atoms with van der Waals surface area (Å²) < 4.78 is 38.9. The molecule has 0 saturated carbocycles. The third-order valence-electron chi connectivity index (χ3n) is 6.70. The van der Waals surface area contributed by atoms with Gasteiger partial charge in [0.05, 0.1) is 19.9 Å². The standard InChI is InChI=1S/C31H27ClF2N4O3/c1-40-28-15-24-19(13-18-3-8-22(9-4-18)36-31(39)37-23-10-5-20(32)6-11-23)17-35-30(25(24)16-29(28)41-2)38-27-12-7-21(33)14-26(27)34/h3-12,14-16,19H,13,17H2,1-2H3,(H,35,38)(H2,36,37,39). The minimum atomic E-state index is -0.715. The molecule has 0 bridgehead atoms. The zero-order valence-corrected chi connectivity index (χ0v) is 23.1. The lowest BCUT2D eigenvalue weighted by Crippen LogP contribution is -2.25. The van der Waals surface area contributed by atoms with E-state index in [0.29, 0.717) is 46.7 Å². The van der Waals surface area contributed by atoms with Gasteiger partial charge in [-0.05, 0) is 78.2 Å². The number of urea groups is 1. The van der Waals surface area contributed by atoms with E-state index in [0.717, 1.165) is 22.8 Å². The van der Waals surface area contributed by atoms with Gasteiger partial charge in [-0.1, -0.05) is 23.7 Å². The smallest absolute Gasteiger partial charge is 0.323 e. The maximum Gasteiger partial charge on any atom is 0.323 e. The van der Waals surface area contributed by atoms with Crippen LogP contribution >= 0.6 is 11.6 Å². The first-order chi connectivity index (χ1) is 19.8. The first kappa shape index (κ1) is 27.9. The van der Waals surface area contributed by atoms with Crippen LogP contribution in [-0.4, -0.2) is 32.6 Å². The van der Waals surface area contributed by atoms with Gasteiger partial charge in [-0.15, -0.1) is 0 Å². The maximum atomic E-state index is 14.4. The summed E-state index contributed by atoms with van der Waals surface area (Å²) in [6.07, 6.45) is 0.654. The van der Waals surface area contributed by atoms with Crippen LogP contribution in [0.3, 0.4) is 0 Å². The number of anilines is 3. The zero-order chi connectivity index (χ0) is 28.9. The quantitative estimate of drug-likeness (QED) is 0.213. The van der Waals surface area contributed by atoms with Gasteiger partial charge >= 0.3 is 6.03 Å². The van der Waals surface area contributed by atoms with Gasteiger partial charge in [-0.3, -0.25) is 4.99 Å². The summed E-state index contributed by atoms with van der Waals surface area (Å²) in [5, 5.41) is 9.18. The van der Waals surface area contributed by atoms with Crippen molar-refractivity contribution in [3.63, 3.8) is 0 Å². The van der Waals surface area contributed by atoms with Crippen LogP contribution < -0.4 is 25.4 Å². The van der Waals surface area contributed by atoms with E-state index in [1.807, 2.05) is 30.3 Å². The molecule has 10 heteroatoms. The van der Waals surface area contributed by atoms with Gasteiger partial charge in [-0.25, -0.2) is 13.6 Å². The maximum absolute atomic E-state index is 14.4. The van der Waals surface area contributed by atoms with E-state index in [1.165, 1.54) is 12.1 Å². The number of carbonyl (C=O) groups is 1. The van der Waals surface area contributed by atoms with Crippen molar-refractivity contribution in [2.24, 2.45) is 4.99 Å². The van der Waals surface area contributed by atoms with Crippen molar-refractivity contribution in [1.29, 1.82) is 0 Å². The van der Waals surface area contributed by atoms with Crippen molar-refractivity contribution in [3.8, 4) is 11.5 Å². The lowest BCUT2D eigenvalue weighted by Gasteiger charge is -2.27. The number of nitrogens with one attached hydrogen (secondary N) is 3. The molecule has 0 saturated heterocycles. The average Bonchev–Trinajstić information content (AvgIpc) is 2.97. The molecule has 4 aromatic carbocycles. The number of nitrogens with zero attached hydrogens (tertiary/aromatic N) is 1. The van der Waals surface area contributed by atoms with Crippen molar-refractivity contribution < 1.29 is 23.0 Å². The number of rotatable bonds is 7. The summed E-state index contributed by atoms with van der Waals surface area (Å²) >= 11 is 5.89. The third-order valence-corrected chi connectivity index (χ3v) is 6.95. The Morgan fingerprint density at radius 3 is 2.17 bits per heavy atom. The highest BCUT2D eigenvalue weighted by Crippen LogP contribution is 2.38. The molecule has 210 valence electrons. The Labute approximate surface area is 241 Å². The van der Waals surface area contributed by atoms with E-state index in [4.69, 9.17) is 26.1 Å². The highest BCUT2D eigenvalue weighted by molar-refractivity contribution is 6.30. The molecule has 41 heavy (non-hydrogen) atoms. The molecular weight excluding hydrogens is 550 g/mol. The molecule has 1 aliphatic rings. The van der Waals surface area contributed by atoms with Crippen molar-refractivity contribution in [2.45, 2.75) is 12.3 Å². The molecule has 0 spiro atoms. The monoisotopic (exact) mass is 576 g/mol. The van der Waals surface area contributed by atoms with Crippen molar-refractivity contribution in [3.05, 3.63) is 112 Å². The molecule has 0 aliphatic carbocycles. The molecule has 5 rings (SSSR count). The third kappa shape index (κ3) is 6.58. The van der Waals surface area contributed by atoms with Gasteiger partial charge < -0.3 is 25.4 Å². The molecule has 3 N–H and O–H groups in total. The molecule has 1 aliphatic heterocycles. The summed E-state index contributed by atoms with van der Waals surface area (Å²) in [5.41, 5.74) is 4.11. The molecule has 0 fully saturated rings. The normalized spacial score (nSPS) is 14.0. The first-order valence-electron chi connectivity index (χ1n) is 12.8. The van der Waals surface area contributed by atoms with Gasteiger partial charge in [0, 0.05) is 40.5 Å². The van der Waals surface area contributed by atoms with E-state index in [1.54, 1.807) is 44.6 Å². The van der Waals surface area contributed by atoms with E-state index in [-0.39, 0.29) is 17.6 Å². The Hall–Kier alpha value is -4.63. The number of aliphatic imine (C=N–C) groups is 1. The summed E-state index contributed by atoms with van der Waals surface area (Å²) in [7, 11) is 3.11. The Kier molecular flexibility index (Phi) is 8.35. The Morgan fingerprint density at radius 1 is 0.902 bits per heavy atom. The number of carbonyl (C=O) groups excluding carboxylic acids is 1. The topological polar surface area (TPSA) is 84.0 Å². The minimum absolute atomic E-state index is 0.0135. The zero-order valence-electron chi connectivity index (χ0n) is 22.3. The number of hydrogen-bond acceptors (Lipinski definition) is 5. The second kappa shape index (κ2) is 12.3. The fourth-order valence-electron chi connectivity index (χ4n) is 4.66. The average molecular weight is 577 g/mol. The second-order valence-electron chi connectivity index (χ2n) is 9.42. The number of halogens is 3. The summed E-state index contributed by atoms with van der Waals surface area (Å²) in [4.78, 5) is 17.1. The Bertz CT molecular complexity index is 1590. The van der Waals surface area contributed by atoms with Crippen LogP contribution in [0, 0.1) is 11.6 Å². The number of ether oxygens (including phenoxy) is 2.